The molecule has 0 fully saturated rings. The third-order valence-electron chi connectivity index (χ3n) is 5.73. The summed E-state index contributed by atoms with van der Waals surface area (Å²) in [6, 6.07) is 38.7. The maximum atomic E-state index is 4.62. The molecule has 0 saturated carbocycles. The van der Waals surface area contributed by atoms with Gasteiger partial charge in [-0.25, -0.2) is 0 Å². The zero-order valence-electron chi connectivity index (χ0n) is 16.8. The van der Waals surface area contributed by atoms with Crippen molar-refractivity contribution >= 4 is 31.5 Å². The smallest absolute Gasteiger partial charge is 0.0716 e. The van der Waals surface area contributed by atoms with Crippen LogP contribution >= 0.6 is 11.3 Å². The first-order chi connectivity index (χ1) is 15.4. The van der Waals surface area contributed by atoms with Gasteiger partial charge >= 0.3 is 0 Å². The maximum Gasteiger partial charge on any atom is 0.0716 e. The molecule has 1 nitrogen and oxygen atoms in total. The van der Waals surface area contributed by atoms with Crippen molar-refractivity contribution in [1.29, 1.82) is 0 Å². The highest BCUT2D eigenvalue weighted by Gasteiger charge is 2.16. The van der Waals surface area contributed by atoms with Crippen LogP contribution in [0.15, 0.2) is 115 Å². The molecule has 0 spiro atoms. The molecule has 0 aliphatic rings. The molecule has 6 rings (SSSR count). The van der Waals surface area contributed by atoms with Gasteiger partial charge in [0.1, 0.15) is 0 Å². The van der Waals surface area contributed by atoms with E-state index in [2.05, 4.69) is 108 Å². The van der Waals surface area contributed by atoms with Crippen molar-refractivity contribution in [2.45, 2.75) is 0 Å². The Morgan fingerprint density at radius 1 is 0.484 bits per heavy atom. The summed E-state index contributed by atoms with van der Waals surface area (Å²) in [4.78, 5) is 4.62. The van der Waals surface area contributed by atoms with Crippen molar-refractivity contribution < 1.29 is 0 Å². The molecule has 146 valence electrons. The Hall–Kier alpha value is -3.75. The van der Waals surface area contributed by atoms with E-state index in [9.17, 15) is 0 Å². The molecule has 0 N–H and O–H groups in total. The Kier molecular flexibility index (Phi) is 4.37. The summed E-state index contributed by atoms with van der Waals surface area (Å²) < 4.78 is 2.61. The van der Waals surface area contributed by atoms with Crippen LogP contribution in [-0.2, 0) is 0 Å². The summed E-state index contributed by atoms with van der Waals surface area (Å²) in [5.41, 5.74) is 7.22. The second-order valence-corrected chi connectivity index (χ2v) is 8.65. The lowest BCUT2D eigenvalue weighted by atomic mass is 9.95. The van der Waals surface area contributed by atoms with Crippen molar-refractivity contribution in [3.63, 3.8) is 0 Å². The van der Waals surface area contributed by atoms with Crippen LogP contribution in [-0.4, -0.2) is 4.98 Å². The Balaban J connectivity index is 1.71. The zero-order valence-corrected chi connectivity index (χ0v) is 17.6. The lowest BCUT2D eigenvalue weighted by Crippen LogP contribution is -1.83. The SMILES string of the molecule is c1ccc(-c2cc(-c3ccccc3)c3sc4c(-c5ccccn5)cccc4c3c2)cc1. The van der Waals surface area contributed by atoms with Gasteiger partial charge in [-0.3, -0.25) is 4.98 Å². The van der Waals surface area contributed by atoms with E-state index in [1.165, 1.54) is 48.0 Å². The molecule has 0 unspecified atom stereocenters. The second-order valence-electron chi connectivity index (χ2n) is 7.63. The highest BCUT2D eigenvalue weighted by molar-refractivity contribution is 7.26. The molecule has 4 aromatic carbocycles. The summed E-state index contributed by atoms with van der Waals surface area (Å²) >= 11 is 1.87. The highest BCUT2D eigenvalue weighted by Crippen LogP contribution is 2.45. The first kappa shape index (κ1) is 18.1. The van der Waals surface area contributed by atoms with Gasteiger partial charge in [-0.15, -0.1) is 11.3 Å². The van der Waals surface area contributed by atoms with Gasteiger partial charge in [0.05, 0.1) is 5.69 Å². The number of thiophene rings is 1. The fourth-order valence-electron chi connectivity index (χ4n) is 4.25. The molecule has 0 atom stereocenters. The Labute approximate surface area is 185 Å². The third-order valence-corrected chi connectivity index (χ3v) is 7.02. The van der Waals surface area contributed by atoms with Crippen molar-refractivity contribution in [3.8, 4) is 33.5 Å². The Morgan fingerprint density at radius 3 is 1.94 bits per heavy atom. The number of pyridine rings is 1. The van der Waals surface area contributed by atoms with E-state index < -0.39 is 0 Å². The van der Waals surface area contributed by atoms with Crippen molar-refractivity contribution in [2.75, 3.05) is 0 Å². The number of benzene rings is 4. The molecule has 0 amide bonds. The van der Waals surface area contributed by atoms with E-state index in [1.54, 1.807) is 0 Å². The molecule has 2 aromatic heterocycles. The fourth-order valence-corrected chi connectivity index (χ4v) is 5.59. The predicted molar refractivity (Wildman–Crippen MR) is 133 cm³/mol. The maximum absolute atomic E-state index is 4.62. The number of rotatable bonds is 3. The molecule has 6 aromatic rings. The number of hydrogen-bond donors (Lipinski definition) is 0. The summed E-state index contributed by atoms with van der Waals surface area (Å²) in [6.07, 6.45) is 1.87. The first-order valence-electron chi connectivity index (χ1n) is 10.4. The summed E-state index contributed by atoms with van der Waals surface area (Å²) in [5.74, 6) is 0. The fraction of sp³-hybridized carbons (Fsp3) is 0. The van der Waals surface area contributed by atoms with Crippen molar-refractivity contribution in [3.05, 3.63) is 115 Å². The molecule has 0 radical (unpaired) electrons. The molecule has 31 heavy (non-hydrogen) atoms. The van der Waals surface area contributed by atoms with Crippen LogP contribution in [0.4, 0.5) is 0 Å². The highest BCUT2D eigenvalue weighted by atomic mass is 32.1. The number of nitrogens with zero attached hydrogens (tertiary/aromatic N) is 1. The molecule has 0 saturated heterocycles. The van der Waals surface area contributed by atoms with Gasteiger partial charge in [-0.1, -0.05) is 84.9 Å². The molecule has 2 heterocycles. The van der Waals surface area contributed by atoms with Gasteiger partial charge in [0, 0.05) is 37.5 Å². The monoisotopic (exact) mass is 413 g/mol. The summed E-state index contributed by atoms with van der Waals surface area (Å²) in [7, 11) is 0. The van der Waals surface area contributed by atoms with Gasteiger partial charge in [0.2, 0.25) is 0 Å². The second kappa shape index (κ2) is 7.50. The van der Waals surface area contributed by atoms with E-state index in [0.29, 0.717) is 0 Å². The van der Waals surface area contributed by atoms with Crippen molar-refractivity contribution in [2.24, 2.45) is 0 Å². The van der Waals surface area contributed by atoms with Gasteiger partial charge in [-0.2, -0.15) is 0 Å². The van der Waals surface area contributed by atoms with E-state index in [1.807, 2.05) is 23.6 Å². The predicted octanol–water partition coefficient (Wildman–Crippen LogP) is 8.45. The molecule has 0 aliphatic heterocycles. The van der Waals surface area contributed by atoms with E-state index >= 15 is 0 Å². The molecular formula is C29H19NS. The quantitative estimate of drug-likeness (QED) is 0.283. The standard InChI is InChI=1S/C29H19NS/c1-3-10-20(11-4-1)22-18-25(21-12-5-2-6-13-21)29-26(19-22)23-14-9-15-24(28(23)31-29)27-16-7-8-17-30-27/h1-19H. The van der Waals surface area contributed by atoms with Crippen LogP contribution in [0, 0.1) is 0 Å². The molecular weight excluding hydrogens is 394 g/mol. The Morgan fingerprint density at radius 2 is 1.19 bits per heavy atom. The average molecular weight is 414 g/mol. The number of fused-ring (bicyclic) bond motifs is 3. The Bertz CT molecular complexity index is 1500. The number of aromatic nitrogens is 1. The minimum absolute atomic E-state index is 1.02. The van der Waals surface area contributed by atoms with Crippen LogP contribution in [0.25, 0.3) is 53.7 Å². The zero-order chi connectivity index (χ0) is 20.6. The lowest BCUT2D eigenvalue weighted by Gasteiger charge is -2.09. The topological polar surface area (TPSA) is 12.9 Å². The first-order valence-corrected chi connectivity index (χ1v) is 11.2. The summed E-state index contributed by atoms with van der Waals surface area (Å²) in [6.45, 7) is 0. The summed E-state index contributed by atoms with van der Waals surface area (Å²) in [5, 5.41) is 2.59. The van der Waals surface area contributed by atoms with E-state index in [0.717, 1.165) is 5.69 Å². The molecule has 0 aliphatic carbocycles. The van der Waals surface area contributed by atoms with E-state index in [-0.39, 0.29) is 0 Å². The van der Waals surface area contributed by atoms with Crippen molar-refractivity contribution in [1.82, 2.24) is 4.98 Å². The molecule has 2 heteroatoms. The minimum Gasteiger partial charge on any atom is -0.256 e. The van der Waals surface area contributed by atoms with Gasteiger partial charge in [-0.05, 0) is 41.0 Å². The van der Waals surface area contributed by atoms with Crippen LogP contribution < -0.4 is 0 Å². The lowest BCUT2D eigenvalue weighted by molar-refractivity contribution is 1.33. The normalized spacial score (nSPS) is 11.2. The van der Waals surface area contributed by atoms with Crippen LogP contribution in [0.1, 0.15) is 0 Å². The largest absolute Gasteiger partial charge is 0.256 e. The molecule has 0 bridgehead atoms. The van der Waals surface area contributed by atoms with Gasteiger partial charge in [0.25, 0.3) is 0 Å². The van der Waals surface area contributed by atoms with E-state index in [4.69, 9.17) is 0 Å². The number of hydrogen-bond acceptors (Lipinski definition) is 2. The van der Waals surface area contributed by atoms with Gasteiger partial charge in [0.15, 0.2) is 0 Å². The van der Waals surface area contributed by atoms with Crippen LogP contribution in [0.3, 0.4) is 0 Å². The third kappa shape index (κ3) is 3.13. The van der Waals surface area contributed by atoms with Crippen LogP contribution in [0.2, 0.25) is 0 Å². The van der Waals surface area contributed by atoms with Gasteiger partial charge < -0.3 is 0 Å². The average Bonchev–Trinajstić information content (AvgIpc) is 3.24. The van der Waals surface area contributed by atoms with Crippen LogP contribution in [0.5, 0.6) is 0 Å². The minimum atomic E-state index is 1.02.